The van der Waals surface area contributed by atoms with E-state index >= 15 is 0 Å². The Morgan fingerprint density at radius 1 is 0.190 bits per heavy atom. The van der Waals surface area contributed by atoms with Crippen molar-refractivity contribution < 1.29 is 8.83 Å². The van der Waals surface area contributed by atoms with Crippen molar-refractivity contribution in [1.29, 1.82) is 0 Å². The Hall–Kier alpha value is -14.9. The summed E-state index contributed by atoms with van der Waals surface area (Å²) >= 11 is 0. The van der Waals surface area contributed by atoms with Crippen LogP contribution in [0.5, 0.6) is 0 Å². The molecule has 0 amide bonds. The number of hydrogen-bond donors (Lipinski definition) is 0. The summed E-state index contributed by atoms with van der Waals surface area (Å²) in [6.07, 6.45) is 0. The van der Waals surface area contributed by atoms with Crippen molar-refractivity contribution >= 4 is 109 Å². The molecule has 0 fully saturated rings. The van der Waals surface area contributed by atoms with Gasteiger partial charge in [0.2, 0.25) is 0 Å². The third-order valence-electron chi connectivity index (χ3n) is 24.5. The number of aromatic nitrogens is 6. The van der Waals surface area contributed by atoms with Crippen LogP contribution in [0.3, 0.4) is 0 Å². The summed E-state index contributed by atoms with van der Waals surface area (Å²) in [4.78, 5) is 31.4. The number of nitrogens with zero attached hydrogens (tertiary/aromatic N) is 6. The summed E-state index contributed by atoms with van der Waals surface area (Å²) in [5, 5.41) is 18.9. The van der Waals surface area contributed by atoms with Crippen LogP contribution in [0.15, 0.2) is 361 Å². The van der Waals surface area contributed by atoms with Gasteiger partial charge in [0, 0.05) is 65.8 Å². The Labute approximate surface area is 668 Å². The standard InChI is InChI=1S/2C54H35N3O/c1-54(2)45-19-8-6-16-40(45)44-31-43-36(30-46(44)54)25-23-33-22-24-35-29-38(26-27-39(35)49(33)43)52-55-51(37-15-10-14-34(28-37)32-12-4-3-5-13-32)56-53(57-52)42-18-11-21-48-50(42)41-17-7-9-20-47(41)58-48;1-54(2)44-19-8-6-16-40(44)41-29-26-34-23-22-33-24-25-36-31-38(27-28-39(36)47(33)48(34)50(41)54)52-55-51(37-15-10-14-35(30-37)32-12-4-3-5-13-32)56-53(57-52)43-18-11-21-46-49(43)42-17-7-9-20-45(42)58-46/h2*3-31H,1-2H3. The zero-order chi connectivity index (χ0) is 77.1. The minimum atomic E-state index is -0.138. The largest absolute Gasteiger partial charge is 0.456 e. The van der Waals surface area contributed by atoms with Gasteiger partial charge in [0.15, 0.2) is 34.9 Å². The molecule has 0 atom stereocenters. The van der Waals surface area contributed by atoms with Gasteiger partial charge in [0.1, 0.15) is 22.3 Å². The molecule has 0 saturated heterocycles. The molecule has 18 aromatic carbocycles. The number of furan rings is 2. The van der Waals surface area contributed by atoms with Crippen LogP contribution in [0.1, 0.15) is 49.9 Å². The van der Waals surface area contributed by atoms with E-state index in [0.717, 1.165) is 110 Å². The molecule has 0 aliphatic heterocycles. The summed E-state index contributed by atoms with van der Waals surface area (Å²) in [6.45, 7) is 9.43. The predicted octanol–water partition coefficient (Wildman–Crippen LogP) is 28.4. The molecule has 22 aromatic rings. The smallest absolute Gasteiger partial charge is 0.164 e. The van der Waals surface area contributed by atoms with Crippen molar-refractivity contribution in [2.24, 2.45) is 0 Å². The molecule has 0 unspecified atom stereocenters. The lowest BCUT2D eigenvalue weighted by Crippen LogP contribution is -2.15. The molecular weight excluding hydrogens is 1410 g/mol. The van der Waals surface area contributed by atoms with Crippen molar-refractivity contribution in [2.75, 3.05) is 0 Å². The van der Waals surface area contributed by atoms with Gasteiger partial charge >= 0.3 is 0 Å². The molecule has 4 aromatic heterocycles. The van der Waals surface area contributed by atoms with Crippen LogP contribution in [0.2, 0.25) is 0 Å². The van der Waals surface area contributed by atoms with E-state index in [9.17, 15) is 0 Å². The molecule has 0 spiro atoms. The van der Waals surface area contributed by atoms with Crippen molar-refractivity contribution in [3.63, 3.8) is 0 Å². The second-order valence-corrected chi connectivity index (χ2v) is 31.9. The highest BCUT2D eigenvalue weighted by Crippen LogP contribution is 2.55. The molecule has 2 aliphatic carbocycles. The summed E-state index contributed by atoms with van der Waals surface area (Å²) < 4.78 is 12.6. The lowest BCUT2D eigenvalue weighted by atomic mass is 9.79. The van der Waals surface area contributed by atoms with E-state index in [2.05, 4.69) is 307 Å². The van der Waals surface area contributed by atoms with Gasteiger partial charge in [-0.3, -0.25) is 0 Å². The lowest BCUT2D eigenvalue weighted by Gasteiger charge is -2.24. The molecule has 0 radical (unpaired) electrons. The zero-order valence-corrected chi connectivity index (χ0v) is 64.0. The maximum absolute atomic E-state index is 6.31. The van der Waals surface area contributed by atoms with E-state index in [4.69, 9.17) is 38.7 Å². The molecule has 24 rings (SSSR count). The monoisotopic (exact) mass is 1480 g/mol. The first-order valence-corrected chi connectivity index (χ1v) is 39.7. The molecule has 116 heavy (non-hydrogen) atoms. The maximum Gasteiger partial charge on any atom is 0.164 e. The van der Waals surface area contributed by atoms with Gasteiger partial charge in [-0.2, -0.15) is 0 Å². The molecule has 0 bridgehead atoms. The van der Waals surface area contributed by atoms with Gasteiger partial charge in [-0.05, 0) is 192 Å². The second-order valence-electron chi connectivity index (χ2n) is 31.9. The third-order valence-corrected chi connectivity index (χ3v) is 24.5. The second kappa shape index (κ2) is 25.8. The fourth-order valence-corrected chi connectivity index (χ4v) is 19.0. The molecule has 8 nitrogen and oxygen atoms in total. The molecule has 0 saturated carbocycles. The highest BCUT2D eigenvalue weighted by atomic mass is 16.3. The van der Waals surface area contributed by atoms with Gasteiger partial charge < -0.3 is 8.83 Å². The van der Waals surface area contributed by atoms with Crippen LogP contribution >= 0.6 is 0 Å². The van der Waals surface area contributed by atoms with Gasteiger partial charge in [0.25, 0.3) is 0 Å². The lowest BCUT2D eigenvalue weighted by molar-refractivity contribution is 0.661. The molecule has 544 valence electrons. The van der Waals surface area contributed by atoms with Crippen LogP contribution in [0.25, 0.3) is 221 Å². The normalized spacial score (nSPS) is 13.1. The van der Waals surface area contributed by atoms with Crippen LogP contribution in [0, 0.1) is 0 Å². The third kappa shape index (κ3) is 10.6. The predicted molar refractivity (Wildman–Crippen MR) is 478 cm³/mol. The molecular formula is C108H70N6O2. The first kappa shape index (κ1) is 66.9. The average Bonchev–Trinajstić information content (AvgIpc) is 1.54. The van der Waals surface area contributed by atoms with Gasteiger partial charge in [-0.1, -0.05) is 319 Å². The highest BCUT2D eigenvalue weighted by Gasteiger charge is 2.38. The topological polar surface area (TPSA) is 104 Å². The van der Waals surface area contributed by atoms with E-state index in [0.29, 0.717) is 34.9 Å². The van der Waals surface area contributed by atoms with Crippen molar-refractivity contribution in [3.8, 4) is 113 Å². The Morgan fingerprint density at radius 3 is 1.09 bits per heavy atom. The van der Waals surface area contributed by atoms with E-state index in [1.54, 1.807) is 0 Å². The molecule has 4 heterocycles. The number of hydrogen-bond acceptors (Lipinski definition) is 8. The Balaban J connectivity index is 0.000000137. The first-order chi connectivity index (χ1) is 57.0. The number of rotatable bonds is 8. The van der Waals surface area contributed by atoms with Gasteiger partial charge in [-0.25, -0.2) is 29.9 Å². The minimum Gasteiger partial charge on any atom is -0.456 e. The summed E-state index contributed by atoms with van der Waals surface area (Å²) in [6, 6.07) is 125. The van der Waals surface area contributed by atoms with Gasteiger partial charge in [-0.15, -0.1) is 0 Å². The first-order valence-electron chi connectivity index (χ1n) is 39.7. The van der Waals surface area contributed by atoms with E-state index in [1.165, 1.54) is 98.4 Å². The summed E-state index contributed by atoms with van der Waals surface area (Å²) in [5.41, 5.74) is 24.0. The van der Waals surface area contributed by atoms with E-state index in [1.807, 2.05) is 72.8 Å². The summed E-state index contributed by atoms with van der Waals surface area (Å²) in [7, 11) is 0. The Kier molecular flexibility index (Phi) is 14.9. The highest BCUT2D eigenvalue weighted by molar-refractivity contribution is 6.24. The van der Waals surface area contributed by atoms with Crippen molar-refractivity contribution in [2.45, 2.75) is 38.5 Å². The van der Waals surface area contributed by atoms with Crippen molar-refractivity contribution in [1.82, 2.24) is 29.9 Å². The van der Waals surface area contributed by atoms with Crippen molar-refractivity contribution in [3.05, 3.63) is 374 Å². The average molecular weight is 1480 g/mol. The summed E-state index contributed by atoms with van der Waals surface area (Å²) in [5.74, 6) is 3.67. The van der Waals surface area contributed by atoms with Crippen LogP contribution < -0.4 is 0 Å². The SMILES string of the molecule is CC1(C)c2ccccc2-c2cc3c(ccc4ccc5cc(-c6nc(-c7cccc(-c8ccccc8)c7)nc(-c7cccc8oc9ccccc9c78)n6)ccc5c43)cc21.CC1(C)c2ccccc2-c2ccc3ccc4ccc5cc(-c6nc(-c7cccc(-c8ccccc8)c7)nc(-c7cccc8oc9ccccc9c78)n6)ccc5c4c3c21. The number of benzene rings is 18. The molecule has 0 N–H and O–H groups in total. The molecule has 8 heteroatoms. The molecule has 2 aliphatic rings. The van der Waals surface area contributed by atoms with E-state index in [-0.39, 0.29) is 10.8 Å². The fourth-order valence-electron chi connectivity index (χ4n) is 19.0. The minimum absolute atomic E-state index is 0.0515. The zero-order valence-electron chi connectivity index (χ0n) is 64.0. The van der Waals surface area contributed by atoms with Crippen LogP contribution in [0.4, 0.5) is 0 Å². The fraction of sp³-hybridized carbons (Fsp3) is 0.0556. The Bertz CT molecular complexity index is 7900. The maximum atomic E-state index is 6.31. The van der Waals surface area contributed by atoms with Crippen LogP contribution in [-0.4, -0.2) is 29.9 Å². The number of para-hydroxylation sites is 2. The Morgan fingerprint density at radius 2 is 0.560 bits per heavy atom. The van der Waals surface area contributed by atoms with Gasteiger partial charge in [0.05, 0.1) is 0 Å². The number of fused-ring (bicyclic) bond motifs is 23. The van der Waals surface area contributed by atoms with Crippen LogP contribution in [-0.2, 0) is 10.8 Å². The quantitative estimate of drug-likeness (QED) is 0.139. The van der Waals surface area contributed by atoms with E-state index < -0.39 is 0 Å².